The molecular formula is C29H36F2N2O3. The summed E-state index contributed by atoms with van der Waals surface area (Å²) in [5.74, 6) is -2.23. The molecule has 0 bridgehead atoms. The summed E-state index contributed by atoms with van der Waals surface area (Å²) in [5, 5.41) is 3.35. The minimum atomic E-state index is -0.924. The second-order valence-corrected chi connectivity index (χ2v) is 10.6. The average Bonchev–Trinajstić information content (AvgIpc) is 3.65. The van der Waals surface area contributed by atoms with Crippen LogP contribution in [0.15, 0.2) is 24.3 Å². The van der Waals surface area contributed by atoms with Gasteiger partial charge in [0.05, 0.1) is 12.5 Å². The van der Waals surface area contributed by atoms with Crippen LogP contribution in [0.3, 0.4) is 0 Å². The van der Waals surface area contributed by atoms with Crippen molar-refractivity contribution in [3.8, 4) is 0 Å². The summed E-state index contributed by atoms with van der Waals surface area (Å²) in [6.45, 7) is 6.82. The number of rotatable bonds is 8. The van der Waals surface area contributed by atoms with Gasteiger partial charge in [-0.15, -0.1) is 0 Å². The van der Waals surface area contributed by atoms with Crippen LogP contribution < -0.4 is 5.32 Å². The van der Waals surface area contributed by atoms with Crippen LogP contribution in [0.2, 0.25) is 0 Å². The molecule has 0 radical (unpaired) electrons. The first kappa shape index (κ1) is 25.3. The van der Waals surface area contributed by atoms with Gasteiger partial charge in [-0.3, -0.25) is 4.79 Å². The van der Waals surface area contributed by atoms with Gasteiger partial charge in [0.25, 0.3) is 0 Å². The molecule has 0 aromatic heterocycles. The number of carbonyl (C=O) groups excluding carboxylic acids is 1. The van der Waals surface area contributed by atoms with Gasteiger partial charge >= 0.3 is 0 Å². The summed E-state index contributed by atoms with van der Waals surface area (Å²) in [6.07, 6.45) is 4.41. The fourth-order valence-electron chi connectivity index (χ4n) is 5.93. The molecule has 1 amide bonds. The number of amides is 1. The summed E-state index contributed by atoms with van der Waals surface area (Å²) in [6, 6.07) is 7.15. The van der Waals surface area contributed by atoms with Crippen molar-refractivity contribution in [3.63, 3.8) is 0 Å². The molecule has 2 aromatic rings. The predicted molar refractivity (Wildman–Crippen MR) is 133 cm³/mol. The Morgan fingerprint density at radius 3 is 2.72 bits per heavy atom. The number of carbonyl (C=O) groups is 1. The summed E-state index contributed by atoms with van der Waals surface area (Å²) in [7, 11) is 1.72. The first-order valence-electron chi connectivity index (χ1n) is 13.1. The smallest absolute Gasteiger partial charge is 0.230 e. The highest BCUT2D eigenvalue weighted by Gasteiger charge is 2.53. The monoisotopic (exact) mass is 498 g/mol. The van der Waals surface area contributed by atoms with Crippen molar-refractivity contribution in [2.75, 3.05) is 26.8 Å². The number of methoxy groups -OCH3 is 1. The maximum absolute atomic E-state index is 14.3. The van der Waals surface area contributed by atoms with Crippen LogP contribution in [0.4, 0.5) is 8.78 Å². The Labute approximate surface area is 212 Å². The number of piperidine rings is 1. The maximum Gasteiger partial charge on any atom is 0.230 e. The van der Waals surface area contributed by atoms with Gasteiger partial charge in [-0.1, -0.05) is 12.1 Å². The Morgan fingerprint density at radius 1 is 1.19 bits per heavy atom. The molecule has 36 heavy (non-hydrogen) atoms. The first-order chi connectivity index (χ1) is 17.3. The van der Waals surface area contributed by atoms with Gasteiger partial charge in [0.2, 0.25) is 5.91 Å². The van der Waals surface area contributed by atoms with Crippen molar-refractivity contribution < 1.29 is 23.0 Å². The van der Waals surface area contributed by atoms with E-state index in [0.717, 1.165) is 32.3 Å². The summed E-state index contributed by atoms with van der Waals surface area (Å²) in [5.41, 5.74) is 5.21. The van der Waals surface area contributed by atoms with E-state index in [1.807, 2.05) is 4.90 Å². The van der Waals surface area contributed by atoms with Gasteiger partial charge in [0.1, 0.15) is 5.60 Å². The van der Waals surface area contributed by atoms with E-state index in [1.165, 1.54) is 34.4 Å². The van der Waals surface area contributed by atoms with Crippen LogP contribution in [0.25, 0.3) is 0 Å². The fourth-order valence-corrected chi connectivity index (χ4v) is 5.93. The zero-order valence-electron chi connectivity index (χ0n) is 21.5. The zero-order chi connectivity index (χ0) is 25.4. The van der Waals surface area contributed by atoms with E-state index >= 15 is 0 Å². The summed E-state index contributed by atoms with van der Waals surface area (Å²) in [4.78, 5) is 16.2. The standard InChI is InChI=1S/C29H36F2N2O3/c1-18-11-20(5-4-10-35-3)12-21(19(18)2)16-33(23-6-7-23)28(34)25-15-32-9-8-29(25)24-14-27(31)26(30)13-22(24)17-36-29/h11-14,23,25,32H,4-10,15-17H2,1-3H3/t25-,29?/m1/s1. The van der Waals surface area contributed by atoms with Crippen LogP contribution in [0, 0.1) is 31.4 Å². The maximum atomic E-state index is 14.3. The van der Waals surface area contributed by atoms with Crippen molar-refractivity contribution in [1.29, 1.82) is 0 Å². The van der Waals surface area contributed by atoms with E-state index in [2.05, 4.69) is 31.3 Å². The molecular weight excluding hydrogens is 462 g/mol. The lowest BCUT2D eigenvalue weighted by molar-refractivity contribution is -0.157. The highest BCUT2D eigenvalue weighted by Crippen LogP contribution is 2.48. The lowest BCUT2D eigenvalue weighted by Crippen LogP contribution is -2.55. The largest absolute Gasteiger partial charge is 0.385 e. The molecule has 2 atom stereocenters. The van der Waals surface area contributed by atoms with E-state index < -0.39 is 23.2 Å². The van der Waals surface area contributed by atoms with Crippen molar-refractivity contribution in [2.24, 2.45) is 5.92 Å². The van der Waals surface area contributed by atoms with Gasteiger partial charge in [0.15, 0.2) is 11.6 Å². The average molecular weight is 499 g/mol. The number of nitrogens with one attached hydrogen (secondary N) is 1. The molecule has 1 saturated heterocycles. The molecule has 194 valence electrons. The molecule has 1 saturated carbocycles. The molecule has 2 fully saturated rings. The van der Waals surface area contributed by atoms with Gasteiger partial charge in [0, 0.05) is 32.8 Å². The van der Waals surface area contributed by atoms with Gasteiger partial charge in [-0.05, 0) is 98.0 Å². The van der Waals surface area contributed by atoms with Crippen molar-refractivity contribution in [3.05, 3.63) is 69.3 Å². The lowest BCUT2D eigenvalue weighted by atomic mass is 9.75. The lowest BCUT2D eigenvalue weighted by Gasteiger charge is -2.43. The van der Waals surface area contributed by atoms with Crippen molar-refractivity contribution in [1.82, 2.24) is 10.2 Å². The number of nitrogens with zero attached hydrogens (tertiary/aromatic N) is 1. The predicted octanol–water partition coefficient (Wildman–Crippen LogP) is 4.69. The first-order valence-corrected chi connectivity index (χ1v) is 13.1. The number of benzene rings is 2. The SMILES string of the molecule is COCCCc1cc(C)c(C)c(CN(C(=O)[C@H]2CNCCC23OCc2cc(F)c(F)cc23)C2CC2)c1. The van der Waals surface area contributed by atoms with Gasteiger partial charge in [-0.25, -0.2) is 8.78 Å². The van der Waals surface area contributed by atoms with Crippen LogP contribution in [-0.4, -0.2) is 43.7 Å². The minimum Gasteiger partial charge on any atom is -0.385 e. The molecule has 1 N–H and O–H groups in total. The second kappa shape index (κ2) is 10.2. The number of ether oxygens (including phenoxy) is 2. The number of aryl methyl sites for hydroxylation is 2. The highest BCUT2D eigenvalue weighted by atomic mass is 19.2. The Balaban J connectivity index is 1.44. The van der Waals surface area contributed by atoms with Gasteiger partial charge < -0.3 is 19.7 Å². The molecule has 2 aliphatic heterocycles. The Hall–Kier alpha value is -2.35. The summed E-state index contributed by atoms with van der Waals surface area (Å²) >= 11 is 0. The molecule has 7 heteroatoms. The van der Waals surface area contributed by atoms with Crippen LogP contribution in [0.1, 0.15) is 59.1 Å². The Kier molecular flexibility index (Phi) is 7.16. The zero-order valence-corrected chi connectivity index (χ0v) is 21.5. The number of fused-ring (bicyclic) bond motifs is 2. The molecule has 1 spiro atoms. The molecule has 5 nitrogen and oxygen atoms in total. The van der Waals surface area contributed by atoms with E-state index in [9.17, 15) is 13.6 Å². The summed E-state index contributed by atoms with van der Waals surface area (Å²) < 4.78 is 39.8. The van der Waals surface area contributed by atoms with E-state index in [1.54, 1.807) is 7.11 Å². The van der Waals surface area contributed by atoms with Gasteiger partial charge in [-0.2, -0.15) is 0 Å². The number of halogens is 2. The van der Waals surface area contributed by atoms with Crippen LogP contribution in [-0.2, 0) is 39.4 Å². The number of hydrogen-bond acceptors (Lipinski definition) is 4. The van der Waals surface area contributed by atoms with Crippen LogP contribution in [0.5, 0.6) is 0 Å². The molecule has 2 heterocycles. The molecule has 1 unspecified atom stereocenters. The third-order valence-electron chi connectivity index (χ3n) is 8.23. The Morgan fingerprint density at radius 2 is 1.97 bits per heavy atom. The highest BCUT2D eigenvalue weighted by molar-refractivity contribution is 5.82. The molecule has 5 rings (SSSR count). The number of hydrogen-bond donors (Lipinski definition) is 1. The van der Waals surface area contributed by atoms with Crippen LogP contribution >= 0.6 is 0 Å². The van der Waals surface area contributed by atoms with E-state index in [4.69, 9.17) is 9.47 Å². The minimum absolute atomic E-state index is 0.0316. The Bertz CT molecular complexity index is 1150. The van der Waals surface area contributed by atoms with E-state index in [0.29, 0.717) is 37.2 Å². The molecule has 1 aliphatic carbocycles. The molecule has 3 aliphatic rings. The second-order valence-electron chi connectivity index (χ2n) is 10.6. The van der Waals surface area contributed by atoms with Crippen molar-refractivity contribution >= 4 is 5.91 Å². The molecule has 2 aromatic carbocycles. The topological polar surface area (TPSA) is 50.8 Å². The van der Waals surface area contributed by atoms with E-state index in [-0.39, 0.29) is 18.6 Å². The van der Waals surface area contributed by atoms with Crippen molar-refractivity contribution in [2.45, 2.75) is 70.7 Å². The normalized spacial score (nSPS) is 23.2. The third kappa shape index (κ3) is 4.69. The fraction of sp³-hybridized carbons (Fsp3) is 0.552. The quantitative estimate of drug-likeness (QED) is 0.537. The third-order valence-corrected chi connectivity index (χ3v) is 8.23.